The SMILES string of the molecule is COc1ccc2[nH]c3c(c2c1)CCN(Cc1ccc(O)cc1)[C@@H]3c1cccnc1. The van der Waals surface area contributed by atoms with Crippen molar-refractivity contribution in [3.05, 3.63) is 89.4 Å². The second-order valence-electron chi connectivity index (χ2n) is 7.50. The third kappa shape index (κ3) is 3.23. The average Bonchev–Trinajstić information content (AvgIpc) is 3.13. The Bertz CT molecular complexity index is 1140. The van der Waals surface area contributed by atoms with E-state index in [0.717, 1.165) is 30.8 Å². The van der Waals surface area contributed by atoms with Crippen LogP contribution in [0.5, 0.6) is 11.5 Å². The van der Waals surface area contributed by atoms with Crippen LogP contribution in [-0.4, -0.2) is 33.6 Å². The predicted molar refractivity (Wildman–Crippen MR) is 113 cm³/mol. The molecule has 5 heteroatoms. The first-order valence-electron chi connectivity index (χ1n) is 9.83. The Labute approximate surface area is 169 Å². The van der Waals surface area contributed by atoms with Gasteiger partial charge in [-0.15, -0.1) is 0 Å². The zero-order valence-electron chi connectivity index (χ0n) is 16.3. The Morgan fingerprint density at radius 3 is 2.79 bits per heavy atom. The molecule has 0 aliphatic carbocycles. The first-order chi connectivity index (χ1) is 14.2. The van der Waals surface area contributed by atoms with Crippen LogP contribution in [0.15, 0.2) is 67.0 Å². The standard InChI is InChI=1S/C24H23N3O2/c1-29-19-8-9-22-21(13-19)20-10-12-27(15-16-4-6-18(28)7-5-16)24(23(20)26-22)17-3-2-11-25-14-17/h2-9,11,13-14,24,26,28H,10,12,15H2,1H3/t24-/m1/s1. The maximum absolute atomic E-state index is 9.61. The third-order valence-electron chi connectivity index (χ3n) is 5.76. The van der Waals surface area contributed by atoms with Gasteiger partial charge in [-0.1, -0.05) is 18.2 Å². The Morgan fingerprint density at radius 2 is 2.03 bits per heavy atom. The highest BCUT2D eigenvalue weighted by molar-refractivity contribution is 5.86. The van der Waals surface area contributed by atoms with Crippen LogP contribution in [0.3, 0.4) is 0 Å². The lowest BCUT2D eigenvalue weighted by Gasteiger charge is -2.36. The maximum atomic E-state index is 9.61. The summed E-state index contributed by atoms with van der Waals surface area (Å²) < 4.78 is 5.45. The number of hydrogen-bond donors (Lipinski definition) is 2. The molecule has 1 aliphatic rings. The number of phenols is 1. The number of nitrogens with zero attached hydrogens (tertiary/aromatic N) is 2. The van der Waals surface area contributed by atoms with E-state index < -0.39 is 0 Å². The number of benzene rings is 2. The molecule has 1 atom stereocenters. The molecule has 0 radical (unpaired) electrons. The summed E-state index contributed by atoms with van der Waals surface area (Å²) in [5.41, 5.74) is 6.07. The molecule has 0 saturated heterocycles. The number of aromatic hydroxyl groups is 1. The van der Waals surface area contributed by atoms with Gasteiger partial charge >= 0.3 is 0 Å². The molecule has 29 heavy (non-hydrogen) atoms. The van der Waals surface area contributed by atoms with Crippen molar-refractivity contribution in [1.29, 1.82) is 0 Å². The summed E-state index contributed by atoms with van der Waals surface area (Å²) in [6.45, 7) is 1.75. The number of ether oxygens (including phenoxy) is 1. The van der Waals surface area contributed by atoms with Gasteiger partial charge in [0.15, 0.2) is 0 Å². The van der Waals surface area contributed by atoms with Gasteiger partial charge < -0.3 is 14.8 Å². The van der Waals surface area contributed by atoms with E-state index in [1.165, 1.54) is 27.8 Å². The Hall–Kier alpha value is -3.31. The van der Waals surface area contributed by atoms with E-state index in [1.54, 1.807) is 19.2 Å². The molecule has 1 aliphatic heterocycles. The molecule has 2 aromatic heterocycles. The summed E-state index contributed by atoms with van der Waals surface area (Å²) in [6.07, 6.45) is 4.74. The largest absolute Gasteiger partial charge is 0.508 e. The van der Waals surface area contributed by atoms with Crippen LogP contribution in [-0.2, 0) is 13.0 Å². The van der Waals surface area contributed by atoms with Crippen molar-refractivity contribution < 1.29 is 9.84 Å². The highest BCUT2D eigenvalue weighted by Gasteiger charge is 2.32. The van der Waals surface area contributed by atoms with Gasteiger partial charge in [-0.05, 0) is 59.5 Å². The van der Waals surface area contributed by atoms with Crippen LogP contribution in [0.2, 0.25) is 0 Å². The number of pyridine rings is 1. The molecule has 0 amide bonds. The summed E-state index contributed by atoms with van der Waals surface area (Å²) >= 11 is 0. The number of aromatic nitrogens is 2. The minimum Gasteiger partial charge on any atom is -0.508 e. The van der Waals surface area contributed by atoms with Gasteiger partial charge in [0.1, 0.15) is 11.5 Å². The van der Waals surface area contributed by atoms with Gasteiger partial charge in [0.2, 0.25) is 0 Å². The van der Waals surface area contributed by atoms with Crippen LogP contribution in [0.25, 0.3) is 10.9 Å². The summed E-state index contributed by atoms with van der Waals surface area (Å²) in [7, 11) is 1.71. The number of hydrogen-bond acceptors (Lipinski definition) is 4. The van der Waals surface area contributed by atoms with Crippen LogP contribution >= 0.6 is 0 Å². The summed E-state index contributed by atoms with van der Waals surface area (Å²) in [5, 5.41) is 10.8. The second kappa shape index (κ2) is 7.26. The van der Waals surface area contributed by atoms with E-state index in [4.69, 9.17) is 4.74 Å². The highest BCUT2D eigenvalue weighted by Crippen LogP contribution is 2.39. The Balaban J connectivity index is 1.60. The smallest absolute Gasteiger partial charge is 0.119 e. The van der Waals surface area contributed by atoms with Crippen molar-refractivity contribution in [2.75, 3.05) is 13.7 Å². The third-order valence-corrected chi connectivity index (χ3v) is 5.76. The van der Waals surface area contributed by atoms with Crippen molar-refractivity contribution in [2.45, 2.75) is 19.0 Å². The fourth-order valence-electron chi connectivity index (χ4n) is 4.37. The van der Waals surface area contributed by atoms with Crippen LogP contribution < -0.4 is 4.74 Å². The first-order valence-corrected chi connectivity index (χ1v) is 9.83. The maximum Gasteiger partial charge on any atom is 0.119 e. The lowest BCUT2D eigenvalue weighted by Crippen LogP contribution is -2.35. The molecule has 0 unspecified atom stereocenters. The van der Waals surface area contributed by atoms with Crippen LogP contribution in [0.4, 0.5) is 0 Å². The summed E-state index contributed by atoms with van der Waals surface area (Å²) in [6, 6.07) is 17.9. The van der Waals surface area contributed by atoms with Gasteiger partial charge in [0, 0.05) is 42.1 Å². The fraction of sp³-hybridized carbons (Fsp3) is 0.208. The van der Waals surface area contributed by atoms with E-state index in [9.17, 15) is 5.11 Å². The van der Waals surface area contributed by atoms with Crippen LogP contribution in [0, 0.1) is 0 Å². The molecule has 0 bridgehead atoms. The molecule has 2 N–H and O–H groups in total. The molecular formula is C24H23N3O2. The van der Waals surface area contributed by atoms with E-state index in [-0.39, 0.29) is 6.04 Å². The van der Waals surface area contributed by atoms with E-state index in [0.29, 0.717) is 5.75 Å². The fourth-order valence-corrected chi connectivity index (χ4v) is 4.37. The van der Waals surface area contributed by atoms with E-state index in [1.807, 2.05) is 36.7 Å². The number of methoxy groups -OCH3 is 1. The minimum absolute atomic E-state index is 0.0969. The lowest BCUT2D eigenvalue weighted by molar-refractivity contribution is 0.201. The van der Waals surface area contributed by atoms with E-state index in [2.05, 4.69) is 33.1 Å². The van der Waals surface area contributed by atoms with Crippen molar-refractivity contribution in [3.8, 4) is 11.5 Å². The zero-order valence-corrected chi connectivity index (χ0v) is 16.3. The van der Waals surface area contributed by atoms with Crippen molar-refractivity contribution in [3.63, 3.8) is 0 Å². The topological polar surface area (TPSA) is 61.4 Å². The molecule has 2 aromatic carbocycles. The molecule has 0 saturated carbocycles. The minimum atomic E-state index is 0.0969. The number of phenolic OH excluding ortho intramolecular Hbond substituents is 1. The molecule has 4 aromatic rings. The quantitative estimate of drug-likeness (QED) is 0.546. The number of nitrogens with one attached hydrogen (secondary N) is 1. The molecule has 0 fully saturated rings. The molecule has 5 rings (SSSR count). The predicted octanol–water partition coefficient (Wildman–Crippen LogP) is 4.42. The van der Waals surface area contributed by atoms with Gasteiger partial charge in [-0.3, -0.25) is 9.88 Å². The van der Waals surface area contributed by atoms with Gasteiger partial charge in [-0.2, -0.15) is 0 Å². The number of rotatable bonds is 4. The highest BCUT2D eigenvalue weighted by atomic mass is 16.5. The van der Waals surface area contributed by atoms with Gasteiger partial charge in [0.05, 0.1) is 13.2 Å². The summed E-state index contributed by atoms with van der Waals surface area (Å²) in [4.78, 5) is 10.5. The Morgan fingerprint density at radius 1 is 1.17 bits per heavy atom. The number of H-pyrrole nitrogens is 1. The molecule has 146 valence electrons. The second-order valence-corrected chi connectivity index (χ2v) is 7.50. The van der Waals surface area contributed by atoms with E-state index >= 15 is 0 Å². The van der Waals surface area contributed by atoms with Crippen LogP contribution in [0.1, 0.15) is 28.4 Å². The average molecular weight is 385 g/mol. The zero-order chi connectivity index (χ0) is 19.8. The van der Waals surface area contributed by atoms with Gasteiger partial charge in [-0.25, -0.2) is 0 Å². The molecule has 5 nitrogen and oxygen atoms in total. The lowest BCUT2D eigenvalue weighted by atomic mass is 9.92. The van der Waals surface area contributed by atoms with Gasteiger partial charge in [0.25, 0.3) is 0 Å². The summed E-state index contributed by atoms with van der Waals surface area (Å²) in [5.74, 6) is 1.17. The molecular weight excluding hydrogens is 362 g/mol. The van der Waals surface area contributed by atoms with Crippen molar-refractivity contribution in [1.82, 2.24) is 14.9 Å². The normalized spacial score (nSPS) is 16.7. The Kier molecular flexibility index (Phi) is 4.45. The number of aromatic amines is 1. The van der Waals surface area contributed by atoms with Crippen molar-refractivity contribution in [2.24, 2.45) is 0 Å². The first kappa shape index (κ1) is 17.8. The van der Waals surface area contributed by atoms with Crippen molar-refractivity contribution >= 4 is 10.9 Å². The molecule has 3 heterocycles. The monoisotopic (exact) mass is 385 g/mol. The molecule has 0 spiro atoms. The number of fused-ring (bicyclic) bond motifs is 3.